The van der Waals surface area contributed by atoms with Crippen molar-refractivity contribution < 1.29 is 8.42 Å². The molecular weight excluding hydrogens is 358 g/mol. The number of primary sulfonamides is 1. The molecule has 5 nitrogen and oxygen atoms in total. The fraction of sp³-hybridized carbons (Fsp3) is 0.167. The summed E-state index contributed by atoms with van der Waals surface area (Å²) < 4.78 is 24.8. The fourth-order valence-electron chi connectivity index (χ4n) is 3.26. The van der Waals surface area contributed by atoms with Gasteiger partial charge in [-0.15, -0.1) is 0 Å². The van der Waals surface area contributed by atoms with E-state index in [2.05, 4.69) is 0 Å². The smallest absolute Gasteiger partial charge is 0.233 e. The summed E-state index contributed by atoms with van der Waals surface area (Å²) in [6.45, 7) is 0. The minimum atomic E-state index is -3.71. The molecule has 0 spiro atoms. The van der Waals surface area contributed by atoms with E-state index in [1.165, 1.54) is 17.7 Å². The van der Waals surface area contributed by atoms with Gasteiger partial charge in [-0.3, -0.25) is 0 Å². The number of rotatable bonds is 3. The summed E-state index contributed by atoms with van der Waals surface area (Å²) in [5, 5.41) is 10.6. The van der Waals surface area contributed by atoms with Gasteiger partial charge in [0.1, 0.15) is 0 Å². The number of nitrogens with zero attached hydrogens (tertiary/aromatic N) is 2. The SMILES string of the molecule is NS(=O)(=O)c1ccc(-n2nc3c(c2-c2ccc(Cl)cc2)CCC3)cc1. The second kappa shape index (κ2) is 5.98. The van der Waals surface area contributed by atoms with Crippen LogP contribution in [0.2, 0.25) is 5.02 Å². The summed E-state index contributed by atoms with van der Waals surface area (Å²) >= 11 is 6.02. The Morgan fingerprint density at radius 3 is 2.32 bits per heavy atom. The average molecular weight is 374 g/mol. The molecule has 0 atom stereocenters. The molecule has 3 aromatic rings. The average Bonchev–Trinajstić information content (AvgIpc) is 3.16. The van der Waals surface area contributed by atoms with Crippen LogP contribution in [0.3, 0.4) is 0 Å². The van der Waals surface area contributed by atoms with Crippen LogP contribution >= 0.6 is 11.6 Å². The van der Waals surface area contributed by atoms with E-state index in [1.807, 2.05) is 28.9 Å². The minimum absolute atomic E-state index is 0.0870. The zero-order chi connectivity index (χ0) is 17.6. The number of halogens is 1. The zero-order valence-electron chi connectivity index (χ0n) is 13.3. The number of aryl methyl sites for hydroxylation is 1. The molecule has 0 unspecified atom stereocenters. The lowest BCUT2D eigenvalue weighted by atomic mass is 10.1. The third-order valence-corrected chi connectivity index (χ3v) is 5.62. The van der Waals surface area contributed by atoms with Crippen LogP contribution in [0, 0.1) is 0 Å². The number of hydrogen-bond acceptors (Lipinski definition) is 3. The fourth-order valence-corrected chi connectivity index (χ4v) is 3.90. The van der Waals surface area contributed by atoms with E-state index in [4.69, 9.17) is 21.8 Å². The van der Waals surface area contributed by atoms with Crippen molar-refractivity contribution in [1.82, 2.24) is 9.78 Å². The maximum Gasteiger partial charge on any atom is 0.238 e. The van der Waals surface area contributed by atoms with Crippen molar-refractivity contribution in [2.75, 3.05) is 0 Å². The van der Waals surface area contributed by atoms with Crippen molar-refractivity contribution >= 4 is 21.6 Å². The first kappa shape index (κ1) is 16.3. The van der Waals surface area contributed by atoms with Crippen molar-refractivity contribution in [2.45, 2.75) is 24.2 Å². The first-order valence-electron chi connectivity index (χ1n) is 7.93. The minimum Gasteiger partial charge on any atom is -0.233 e. The van der Waals surface area contributed by atoms with E-state index in [0.29, 0.717) is 5.02 Å². The number of hydrogen-bond donors (Lipinski definition) is 1. The van der Waals surface area contributed by atoms with Gasteiger partial charge in [0.05, 0.1) is 22.0 Å². The third-order valence-electron chi connectivity index (χ3n) is 4.43. The summed E-state index contributed by atoms with van der Waals surface area (Å²) in [5.74, 6) is 0. The molecule has 25 heavy (non-hydrogen) atoms. The normalized spacial score (nSPS) is 13.8. The Morgan fingerprint density at radius 2 is 1.68 bits per heavy atom. The predicted molar refractivity (Wildman–Crippen MR) is 97.4 cm³/mol. The molecule has 128 valence electrons. The molecule has 0 fully saturated rings. The summed E-state index contributed by atoms with van der Waals surface area (Å²) in [6, 6.07) is 14.1. The van der Waals surface area contributed by atoms with E-state index in [9.17, 15) is 8.42 Å². The number of fused-ring (bicyclic) bond motifs is 1. The second-order valence-corrected chi connectivity index (χ2v) is 8.08. The molecule has 1 aliphatic rings. The Morgan fingerprint density at radius 1 is 1.00 bits per heavy atom. The standard InChI is InChI=1S/C18H16ClN3O2S/c19-13-6-4-12(5-7-13)18-16-2-1-3-17(16)21-22(18)14-8-10-15(11-9-14)25(20,23)24/h4-11H,1-3H2,(H2,20,23,24). The zero-order valence-corrected chi connectivity index (χ0v) is 14.9. The second-order valence-electron chi connectivity index (χ2n) is 6.09. The highest BCUT2D eigenvalue weighted by molar-refractivity contribution is 7.89. The Kier molecular flexibility index (Phi) is 3.91. The lowest BCUT2D eigenvalue weighted by Crippen LogP contribution is -2.12. The number of sulfonamides is 1. The Bertz CT molecular complexity index is 1040. The lowest BCUT2D eigenvalue weighted by molar-refractivity contribution is 0.598. The molecule has 1 aliphatic carbocycles. The number of nitrogens with two attached hydrogens (primary N) is 1. The maximum absolute atomic E-state index is 11.5. The molecule has 7 heteroatoms. The highest BCUT2D eigenvalue weighted by atomic mass is 35.5. The van der Waals surface area contributed by atoms with Crippen LogP contribution in [-0.2, 0) is 22.9 Å². The molecular formula is C18H16ClN3O2S. The summed E-state index contributed by atoms with van der Waals surface area (Å²) in [7, 11) is -3.71. The van der Waals surface area contributed by atoms with E-state index in [-0.39, 0.29) is 4.90 Å². The third kappa shape index (κ3) is 2.97. The maximum atomic E-state index is 11.5. The number of benzene rings is 2. The van der Waals surface area contributed by atoms with Gasteiger partial charge in [0, 0.05) is 16.1 Å². The van der Waals surface area contributed by atoms with Gasteiger partial charge in [0.15, 0.2) is 0 Å². The molecule has 2 aromatic carbocycles. The highest BCUT2D eigenvalue weighted by Gasteiger charge is 2.24. The molecule has 0 saturated carbocycles. The first-order chi connectivity index (χ1) is 11.9. The van der Waals surface area contributed by atoms with Crippen LogP contribution in [0.1, 0.15) is 17.7 Å². The van der Waals surface area contributed by atoms with E-state index in [0.717, 1.165) is 41.9 Å². The van der Waals surface area contributed by atoms with E-state index in [1.54, 1.807) is 12.1 Å². The van der Waals surface area contributed by atoms with Gasteiger partial charge < -0.3 is 0 Å². The van der Waals surface area contributed by atoms with Crippen molar-refractivity contribution in [1.29, 1.82) is 0 Å². The molecule has 0 saturated heterocycles. The van der Waals surface area contributed by atoms with Crippen molar-refractivity contribution in [3.63, 3.8) is 0 Å². The van der Waals surface area contributed by atoms with Gasteiger partial charge in [-0.2, -0.15) is 5.10 Å². The Balaban J connectivity index is 1.87. The Hall–Kier alpha value is -2.15. The van der Waals surface area contributed by atoms with Gasteiger partial charge in [0.25, 0.3) is 0 Å². The van der Waals surface area contributed by atoms with Crippen molar-refractivity contribution in [2.24, 2.45) is 5.14 Å². The summed E-state index contributed by atoms with van der Waals surface area (Å²) in [6.07, 6.45) is 3.05. The molecule has 0 amide bonds. The molecule has 1 heterocycles. The van der Waals surface area contributed by atoms with Gasteiger partial charge in [-0.1, -0.05) is 23.7 Å². The quantitative estimate of drug-likeness (QED) is 0.764. The van der Waals surface area contributed by atoms with Gasteiger partial charge >= 0.3 is 0 Å². The molecule has 2 N–H and O–H groups in total. The van der Waals surface area contributed by atoms with Crippen LogP contribution in [-0.4, -0.2) is 18.2 Å². The molecule has 0 bridgehead atoms. The number of aromatic nitrogens is 2. The lowest BCUT2D eigenvalue weighted by Gasteiger charge is -2.10. The van der Waals surface area contributed by atoms with Crippen LogP contribution in [0.4, 0.5) is 0 Å². The van der Waals surface area contributed by atoms with Crippen LogP contribution < -0.4 is 5.14 Å². The molecule has 0 aliphatic heterocycles. The van der Waals surface area contributed by atoms with Crippen LogP contribution in [0.15, 0.2) is 53.4 Å². The highest BCUT2D eigenvalue weighted by Crippen LogP contribution is 2.34. The Labute approximate surface area is 151 Å². The van der Waals surface area contributed by atoms with Gasteiger partial charge in [-0.05, 0) is 55.7 Å². The molecule has 1 aromatic heterocycles. The largest absolute Gasteiger partial charge is 0.238 e. The van der Waals surface area contributed by atoms with E-state index >= 15 is 0 Å². The summed E-state index contributed by atoms with van der Waals surface area (Å²) in [4.78, 5) is 0.0870. The molecule has 4 rings (SSSR count). The van der Waals surface area contributed by atoms with Crippen LogP contribution in [0.5, 0.6) is 0 Å². The van der Waals surface area contributed by atoms with Gasteiger partial charge in [0.2, 0.25) is 10.0 Å². The molecule has 0 radical (unpaired) electrons. The predicted octanol–water partition coefficient (Wildman–Crippen LogP) is 3.33. The van der Waals surface area contributed by atoms with Crippen LogP contribution in [0.25, 0.3) is 16.9 Å². The van der Waals surface area contributed by atoms with Gasteiger partial charge in [-0.25, -0.2) is 18.2 Å². The summed E-state index contributed by atoms with van der Waals surface area (Å²) in [5.41, 5.74) is 5.22. The van der Waals surface area contributed by atoms with Crippen molar-refractivity contribution in [3.8, 4) is 16.9 Å². The topological polar surface area (TPSA) is 78.0 Å². The van der Waals surface area contributed by atoms with Crippen molar-refractivity contribution in [3.05, 3.63) is 64.8 Å². The monoisotopic (exact) mass is 373 g/mol. The first-order valence-corrected chi connectivity index (χ1v) is 9.86. The van der Waals surface area contributed by atoms with E-state index < -0.39 is 10.0 Å².